The van der Waals surface area contributed by atoms with Gasteiger partial charge in [-0.1, -0.05) is 36.4 Å². The third kappa shape index (κ3) is 1.81. The zero-order chi connectivity index (χ0) is 14.4. The van der Waals surface area contributed by atoms with Crippen LogP contribution in [0.25, 0.3) is 21.9 Å². The van der Waals surface area contributed by atoms with Gasteiger partial charge in [-0.3, -0.25) is 4.79 Å². The first-order valence-corrected chi connectivity index (χ1v) is 7.98. The number of nitrogen functional groups attached to an aromatic ring is 1. The highest BCUT2D eigenvalue weighted by molar-refractivity contribution is 7.16. The summed E-state index contributed by atoms with van der Waals surface area (Å²) in [7, 11) is 0. The number of nitrogens with two attached hydrogens (primary N) is 1. The minimum Gasteiger partial charge on any atom is -0.390 e. The molecule has 1 heterocycles. The maximum absolute atomic E-state index is 11.5. The molecule has 0 fully saturated rings. The fourth-order valence-corrected chi connectivity index (χ4v) is 4.53. The molecule has 104 valence electrons. The van der Waals surface area contributed by atoms with Gasteiger partial charge in [0.1, 0.15) is 0 Å². The number of carbonyl (C=O) groups is 1. The number of aldehydes is 1. The normalized spacial score (nSPS) is 13.5. The van der Waals surface area contributed by atoms with Crippen molar-refractivity contribution in [3.8, 4) is 11.1 Å². The first-order valence-electron chi connectivity index (χ1n) is 7.17. The van der Waals surface area contributed by atoms with Crippen molar-refractivity contribution in [1.82, 2.24) is 0 Å². The largest absolute Gasteiger partial charge is 0.390 e. The molecule has 2 aromatic carbocycles. The van der Waals surface area contributed by atoms with Crippen LogP contribution in [0.5, 0.6) is 0 Å². The van der Waals surface area contributed by atoms with Gasteiger partial charge in [0.15, 0.2) is 6.29 Å². The Labute approximate surface area is 127 Å². The van der Waals surface area contributed by atoms with Crippen molar-refractivity contribution in [2.24, 2.45) is 0 Å². The molecule has 1 aromatic heterocycles. The highest BCUT2D eigenvalue weighted by atomic mass is 32.1. The second-order valence-corrected chi connectivity index (χ2v) is 6.60. The Bertz CT molecular complexity index is 863. The summed E-state index contributed by atoms with van der Waals surface area (Å²) in [6, 6.07) is 12.1. The van der Waals surface area contributed by atoms with Gasteiger partial charge in [-0.2, -0.15) is 0 Å². The zero-order valence-corrected chi connectivity index (χ0v) is 12.4. The molecule has 0 saturated carbocycles. The summed E-state index contributed by atoms with van der Waals surface area (Å²) >= 11 is 1.69. The van der Waals surface area contributed by atoms with Gasteiger partial charge in [-0.25, -0.2) is 0 Å². The number of benzene rings is 2. The van der Waals surface area contributed by atoms with Gasteiger partial charge in [0, 0.05) is 21.6 Å². The Morgan fingerprint density at radius 2 is 1.90 bits per heavy atom. The number of aryl methyl sites for hydroxylation is 1. The zero-order valence-electron chi connectivity index (χ0n) is 11.6. The van der Waals surface area contributed by atoms with Crippen molar-refractivity contribution in [2.45, 2.75) is 19.3 Å². The summed E-state index contributed by atoms with van der Waals surface area (Å²) in [5, 5.41) is 3.11. The molecule has 0 spiro atoms. The van der Waals surface area contributed by atoms with E-state index in [2.05, 4.69) is 12.1 Å². The SMILES string of the molecule is Nc1sc2c(c1-c1c(C=O)ccc3ccccc13)CCC2. The van der Waals surface area contributed by atoms with Crippen molar-refractivity contribution in [1.29, 1.82) is 0 Å². The maximum atomic E-state index is 11.5. The van der Waals surface area contributed by atoms with E-state index in [4.69, 9.17) is 5.73 Å². The molecule has 1 aliphatic carbocycles. The van der Waals surface area contributed by atoms with Crippen molar-refractivity contribution in [3.63, 3.8) is 0 Å². The van der Waals surface area contributed by atoms with E-state index in [1.165, 1.54) is 16.9 Å². The Kier molecular flexibility index (Phi) is 2.82. The standard InChI is InChI=1S/C18H15NOS/c19-18-17(14-6-3-7-15(14)21-18)16-12(10-20)9-8-11-4-1-2-5-13(11)16/h1-2,4-5,8-10H,3,6-7,19H2. The van der Waals surface area contributed by atoms with Crippen LogP contribution in [-0.2, 0) is 12.8 Å². The highest BCUT2D eigenvalue weighted by Crippen LogP contribution is 2.46. The molecule has 0 bridgehead atoms. The Hall–Kier alpha value is -2.13. The van der Waals surface area contributed by atoms with Crippen LogP contribution in [-0.4, -0.2) is 6.29 Å². The van der Waals surface area contributed by atoms with Crippen molar-refractivity contribution in [3.05, 3.63) is 52.4 Å². The van der Waals surface area contributed by atoms with E-state index in [0.29, 0.717) is 0 Å². The Morgan fingerprint density at radius 1 is 1.05 bits per heavy atom. The van der Waals surface area contributed by atoms with Gasteiger partial charge in [-0.05, 0) is 35.6 Å². The summed E-state index contributed by atoms with van der Waals surface area (Å²) in [6.45, 7) is 0. The molecule has 0 unspecified atom stereocenters. The lowest BCUT2D eigenvalue weighted by Crippen LogP contribution is -1.94. The molecule has 3 heteroatoms. The summed E-state index contributed by atoms with van der Waals surface area (Å²) in [5.74, 6) is 0. The molecule has 1 aliphatic rings. The minimum atomic E-state index is 0.730. The van der Waals surface area contributed by atoms with Crippen LogP contribution in [0, 0.1) is 0 Å². The second-order valence-electron chi connectivity index (χ2n) is 5.47. The van der Waals surface area contributed by atoms with E-state index in [-0.39, 0.29) is 0 Å². The first-order chi connectivity index (χ1) is 10.3. The lowest BCUT2D eigenvalue weighted by molar-refractivity contribution is 0.112. The van der Waals surface area contributed by atoms with Gasteiger partial charge in [0.2, 0.25) is 0 Å². The van der Waals surface area contributed by atoms with Crippen LogP contribution < -0.4 is 5.73 Å². The molecule has 4 rings (SSSR count). The molecule has 2 nitrogen and oxygen atoms in total. The lowest BCUT2D eigenvalue weighted by Gasteiger charge is -2.11. The molecule has 0 amide bonds. The summed E-state index contributed by atoms with van der Waals surface area (Å²) in [6.07, 6.45) is 4.32. The number of rotatable bonds is 2. The monoisotopic (exact) mass is 293 g/mol. The number of fused-ring (bicyclic) bond motifs is 2. The van der Waals surface area contributed by atoms with Gasteiger partial charge < -0.3 is 5.73 Å². The van der Waals surface area contributed by atoms with Crippen molar-refractivity contribution in [2.75, 3.05) is 5.73 Å². The Balaban J connectivity index is 2.13. The minimum absolute atomic E-state index is 0.730. The summed E-state index contributed by atoms with van der Waals surface area (Å²) in [4.78, 5) is 12.9. The highest BCUT2D eigenvalue weighted by Gasteiger charge is 2.24. The number of hydrogen-bond donors (Lipinski definition) is 1. The molecule has 0 aliphatic heterocycles. The fourth-order valence-electron chi connectivity index (χ4n) is 3.37. The molecular formula is C18H15NOS. The lowest BCUT2D eigenvalue weighted by atomic mass is 9.92. The third-order valence-corrected chi connectivity index (χ3v) is 5.41. The molecule has 0 saturated heterocycles. The van der Waals surface area contributed by atoms with Crippen LogP contribution >= 0.6 is 11.3 Å². The van der Waals surface area contributed by atoms with Gasteiger partial charge in [0.05, 0.1) is 5.00 Å². The van der Waals surface area contributed by atoms with Crippen LogP contribution in [0.15, 0.2) is 36.4 Å². The maximum Gasteiger partial charge on any atom is 0.150 e. The molecule has 3 aromatic rings. The van der Waals surface area contributed by atoms with E-state index in [0.717, 1.165) is 51.6 Å². The number of hydrogen-bond acceptors (Lipinski definition) is 3. The first kappa shape index (κ1) is 12.6. The van der Waals surface area contributed by atoms with Crippen molar-refractivity contribution >= 4 is 33.4 Å². The van der Waals surface area contributed by atoms with E-state index >= 15 is 0 Å². The van der Waals surface area contributed by atoms with Gasteiger partial charge in [-0.15, -0.1) is 11.3 Å². The average Bonchev–Trinajstić information content (AvgIpc) is 3.06. The number of anilines is 1. The molecule has 2 N–H and O–H groups in total. The third-order valence-electron chi connectivity index (χ3n) is 4.29. The average molecular weight is 293 g/mol. The molecule has 0 radical (unpaired) electrons. The van der Waals surface area contributed by atoms with Gasteiger partial charge in [0.25, 0.3) is 0 Å². The topological polar surface area (TPSA) is 43.1 Å². The van der Waals surface area contributed by atoms with Crippen LogP contribution in [0.3, 0.4) is 0 Å². The van der Waals surface area contributed by atoms with E-state index in [1.54, 1.807) is 11.3 Å². The van der Waals surface area contributed by atoms with Gasteiger partial charge >= 0.3 is 0 Å². The van der Waals surface area contributed by atoms with Crippen LogP contribution in [0.4, 0.5) is 5.00 Å². The quantitative estimate of drug-likeness (QED) is 0.709. The fraction of sp³-hybridized carbons (Fsp3) is 0.167. The predicted octanol–water partition coefficient (Wildman–Crippen LogP) is 4.45. The van der Waals surface area contributed by atoms with Crippen LogP contribution in [0.2, 0.25) is 0 Å². The predicted molar refractivity (Wildman–Crippen MR) is 89.1 cm³/mol. The Morgan fingerprint density at radius 3 is 2.76 bits per heavy atom. The molecule has 0 atom stereocenters. The van der Waals surface area contributed by atoms with E-state index in [9.17, 15) is 4.79 Å². The molecular weight excluding hydrogens is 278 g/mol. The van der Waals surface area contributed by atoms with Crippen molar-refractivity contribution < 1.29 is 4.79 Å². The second kappa shape index (κ2) is 4.71. The smallest absolute Gasteiger partial charge is 0.150 e. The summed E-state index contributed by atoms with van der Waals surface area (Å²) < 4.78 is 0. The van der Waals surface area contributed by atoms with E-state index in [1.807, 2.05) is 24.3 Å². The number of carbonyl (C=O) groups excluding carboxylic acids is 1. The molecule has 21 heavy (non-hydrogen) atoms. The van der Waals surface area contributed by atoms with E-state index < -0.39 is 0 Å². The summed E-state index contributed by atoms with van der Waals surface area (Å²) in [5.41, 5.74) is 10.5. The van der Waals surface area contributed by atoms with Crippen LogP contribution in [0.1, 0.15) is 27.2 Å². The number of thiophene rings is 1.